The van der Waals surface area contributed by atoms with E-state index in [4.69, 9.17) is 4.74 Å². The third-order valence-electron chi connectivity index (χ3n) is 3.61. The maximum absolute atomic E-state index is 12.4. The molecule has 21 heavy (non-hydrogen) atoms. The van der Waals surface area contributed by atoms with Gasteiger partial charge in [-0.15, -0.1) is 0 Å². The van der Waals surface area contributed by atoms with Crippen LogP contribution in [-0.4, -0.2) is 12.1 Å². The lowest BCUT2D eigenvalue weighted by Crippen LogP contribution is -2.14. The van der Waals surface area contributed by atoms with Crippen LogP contribution >= 0.6 is 0 Å². The Kier molecular flexibility index (Phi) is 3.61. The molecule has 0 N–H and O–H groups in total. The molecule has 3 rings (SSSR count). The van der Waals surface area contributed by atoms with Gasteiger partial charge >= 0.3 is 5.97 Å². The molecule has 0 amide bonds. The Hall–Kier alpha value is -2.35. The van der Waals surface area contributed by atoms with E-state index >= 15 is 0 Å². The lowest BCUT2D eigenvalue weighted by Gasteiger charge is -2.11. The molecule has 0 atom stereocenters. The van der Waals surface area contributed by atoms with Gasteiger partial charge in [-0.1, -0.05) is 54.6 Å². The summed E-state index contributed by atoms with van der Waals surface area (Å²) in [5.41, 5.74) is 5.16. The van der Waals surface area contributed by atoms with E-state index < -0.39 is 0 Å². The number of hydrogen-bond donors (Lipinski definition) is 0. The molecule has 2 aromatic carbocycles. The molecule has 0 saturated heterocycles. The van der Waals surface area contributed by atoms with Gasteiger partial charge in [0, 0.05) is 12.0 Å². The van der Waals surface area contributed by atoms with Crippen molar-refractivity contribution in [3.05, 3.63) is 76.9 Å². The number of rotatable bonds is 3. The highest BCUT2D eigenvalue weighted by Gasteiger charge is 2.28. The standard InChI is InChI=1S/C19H18O2/c1-13(2)21-19(20)17-12-15-10-6-7-11-16(15)18(17)14-8-4-3-5-9-14/h3-11,13H,12H2,1-2H3. The number of carbonyl (C=O) groups excluding carboxylic acids is 1. The zero-order valence-electron chi connectivity index (χ0n) is 12.3. The maximum atomic E-state index is 12.4. The Labute approximate surface area is 125 Å². The van der Waals surface area contributed by atoms with Crippen molar-refractivity contribution >= 4 is 11.5 Å². The number of carbonyl (C=O) groups is 1. The molecule has 0 unspecified atom stereocenters. The van der Waals surface area contributed by atoms with Gasteiger partial charge < -0.3 is 4.74 Å². The van der Waals surface area contributed by atoms with Gasteiger partial charge in [0.25, 0.3) is 0 Å². The van der Waals surface area contributed by atoms with Crippen molar-refractivity contribution in [1.29, 1.82) is 0 Å². The molecule has 0 bridgehead atoms. The largest absolute Gasteiger partial charge is 0.460 e. The molecule has 0 aliphatic heterocycles. The van der Waals surface area contributed by atoms with Crippen molar-refractivity contribution in [1.82, 2.24) is 0 Å². The highest BCUT2D eigenvalue weighted by atomic mass is 16.5. The fraction of sp³-hybridized carbons (Fsp3) is 0.211. The molecule has 106 valence electrons. The van der Waals surface area contributed by atoms with Crippen LogP contribution in [0.5, 0.6) is 0 Å². The monoisotopic (exact) mass is 278 g/mol. The maximum Gasteiger partial charge on any atom is 0.335 e. The van der Waals surface area contributed by atoms with Crippen LogP contribution < -0.4 is 0 Å². The van der Waals surface area contributed by atoms with Crippen molar-refractivity contribution in [3.8, 4) is 0 Å². The summed E-state index contributed by atoms with van der Waals surface area (Å²) in [7, 11) is 0. The lowest BCUT2D eigenvalue weighted by molar-refractivity contribution is -0.142. The quantitative estimate of drug-likeness (QED) is 0.793. The highest BCUT2D eigenvalue weighted by molar-refractivity contribution is 6.05. The Morgan fingerprint density at radius 1 is 1.00 bits per heavy atom. The van der Waals surface area contributed by atoms with Gasteiger partial charge in [-0.3, -0.25) is 0 Å². The van der Waals surface area contributed by atoms with E-state index in [0.717, 1.165) is 22.3 Å². The van der Waals surface area contributed by atoms with Gasteiger partial charge in [0.15, 0.2) is 0 Å². The molecule has 2 heteroatoms. The molecule has 0 saturated carbocycles. The van der Waals surface area contributed by atoms with Crippen molar-refractivity contribution < 1.29 is 9.53 Å². The van der Waals surface area contributed by atoms with E-state index in [1.807, 2.05) is 56.3 Å². The first-order valence-corrected chi connectivity index (χ1v) is 7.24. The molecule has 0 radical (unpaired) electrons. The van der Waals surface area contributed by atoms with E-state index in [1.165, 1.54) is 5.56 Å². The van der Waals surface area contributed by atoms with Gasteiger partial charge in [-0.05, 0) is 36.1 Å². The van der Waals surface area contributed by atoms with Crippen LogP contribution in [0.25, 0.3) is 5.57 Å². The van der Waals surface area contributed by atoms with Crippen molar-refractivity contribution in [2.24, 2.45) is 0 Å². The number of hydrogen-bond acceptors (Lipinski definition) is 2. The highest BCUT2D eigenvalue weighted by Crippen LogP contribution is 2.37. The summed E-state index contributed by atoms with van der Waals surface area (Å²) in [5.74, 6) is -0.208. The molecule has 0 heterocycles. The molecule has 2 aromatic rings. The topological polar surface area (TPSA) is 26.3 Å². The SMILES string of the molecule is CC(C)OC(=O)C1=C(c2ccccc2)c2ccccc2C1. The van der Waals surface area contributed by atoms with E-state index in [1.54, 1.807) is 0 Å². The molecular weight excluding hydrogens is 260 g/mol. The zero-order chi connectivity index (χ0) is 14.8. The van der Waals surface area contributed by atoms with Gasteiger partial charge in [-0.25, -0.2) is 4.79 Å². The van der Waals surface area contributed by atoms with Crippen LogP contribution in [0.15, 0.2) is 60.2 Å². The number of benzene rings is 2. The molecule has 1 aliphatic rings. The first kappa shape index (κ1) is 13.6. The van der Waals surface area contributed by atoms with Gasteiger partial charge in [0.2, 0.25) is 0 Å². The van der Waals surface area contributed by atoms with Gasteiger partial charge in [-0.2, -0.15) is 0 Å². The van der Waals surface area contributed by atoms with E-state index in [0.29, 0.717) is 6.42 Å². The predicted octanol–water partition coefficient (Wildman–Crippen LogP) is 4.00. The third kappa shape index (κ3) is 2.62. The second-order valence-electron chi connectivity index (χ2n) is 5.51. The average molecular weight is 278 g/mol. The first-order chi connectivity index (χ1) is 10.2. The fourth-order valence-corrected chi connectivity index (χ4v) is 2.75. The third-order valence-corrected chi connectivity index (χ3v) is 3.61. The Balaban J connectivity index is 2.12. The van der Waals surface area contributed by atoms with E-state index in [2.05, 4.69) is 12.1 Å². The average Bonchev–Trinajstić information content (AvgIpc) is 2.87. The van der Waals surface area contributed by atoms with Crippen LogP contribution in [0.4, 0.5) is 0 Å². The predicted molar refractivity (Wildman–Crippen MR) is 83.8 cm³/mol. The van der Waals surface area contributed by atoms with Crippen LogP contribution in [0.2, 0.25) is 0 Å². The summed E-state index contributed by atoms with van der Waals surface area (Å²) in [5, 5.41) is 0. The molecular formula is C19H18O2. The molecule has 0 spiro atoms. The number of ether oxygens (including phenoxy) is 1. The molecule has 0 aromatic heterocycles. The summed E-state index contributed by atoms with van der Waals surface area (Å²) in [6.45, 7) is 3.76. The summed E-state index contributed by atoms with van der Waals surface area (Å²) in [6, 6.07) is 18.2. The van der Waals surface area contributed by atoms with Crippen molar-refractivity contribution in [2.45, 2.75) is 26.4 Å². The Morgan fingerprint density at radius 3 is 2.38 bits per heavy atom. The van der Waals surface area contributed by atoms with Crippen molar-refractivity contribution in [3.63, 3.8) is 0 Å². The normalized spacial score (nSPS) is 13.5. The van der Waals surface area contributed by atoms with Crippen molar-refractivity contribution in [2.75, 3.05) is 0 Å². The number of fused-ring (bicyclic) bond motifs is 1. The summed E-state index contributed by atoms with van der Waals surface area (Å²) >= 11 is 0. The van der Waals surface area contributed by atoms with Crippen LogP contribution in [-0.2, 0) is 16.0 Å². The minimum absolute atomic E-state index is 0.106. The van der Waals surface area contributed by atoms with Crippen LogP contribution in [0.3, 0.4) is 0 Å². The van der Waals surface area contributed by atoms with Gasteiger partial charge in [0.1, 0.15) is 0 Å². The lowest BCUT2D eigenvalue weighted by atomic mass is 9.97. The smallest absolute Gasteiger partial charge is 0.335 e. The zero-order valence-corrected chi connectivity index (χ0v) is 12.3. The van der Waals surface area contributed by atoms with Crippen LogP contribution in [0.1, 0.15) is 30.5 Å². The second-order valence-corrected chi connectivity index (χ2v) is 5.51. The van der Waals surface area contributed by atoms with Crippen LogP contribution in [0, 0.1) is 0 Å². The summed E-state index contributed by atoms with van der Waals surface area (Å²) in [6.07, 6.45) is 0.539. The minimum atomic E-state index is -0.208. The molecule has 0 fully saturated rings. The first-order valence-electron chi connectivity index (χ1n) is 7.24. The molecule has 1 aliphatic carbocycles. The Bertz CT molecular complexity index is 697. The number of esters is 1. The van der Waals surface area contributed by atoms with E-state index in [-0.39, 0.29) is 12.1 Å². The molecule has 2 nitrogen and oxygen atoms in total. The minimum Gasteiger partial charge on any atom is -0.460 e. The second kappa shape index (κ2) is 5.57. The van der Waals surface area contributed by atoms with Gasteiger partial charge in [0.05, 0.1) is 6.10 Å². The van der Waals surface area contributed by atoms with E-state index in [9.17, 15) is 4.79 Å². The fourth-order valence-electron chi connectivity index (χ4n) is 2.75. The summed E-state index contributed by atoms with van der Waals surface area (Å²) < 4.78 is 5.42. The summed E-state index contributed by atoms with van der Waals surface area (Å²) in [4.78, 5) is 12.4. The Morgan fingerprint density at radius 2 is 1.67 bits per heavy atom.